The minimum atomic E-state index is -0.287. The summed E-state index contributed by atoms with van der Waals surface area (Å²) in [5.74, 6) is -0.206. The van der Waals surface area contributed by atoms with Gasteiger partial charge in [0.2, 0.25) is 0 Å². The molecule has 1 atom stereocenters. The van der Waals surface area contributed by atoms with E-state index in [1.54, 1.807) is 11.0 Å². The van der Waals surface area contributed by atoms with E-state index >= 15 is 0 Å². The number of hydrogen-bond donors (Lipinski definition) is 2. The van der Waals surface area contributed by atoms with Crippen LogP contribution in [0.15, 0.2) is 35.1 Å². The molecule has 1 saturated heterocycles. The summed E-state index contributed by atoms with van der Waals surface area (Å²) in [7, 11) is 0. The van der Waals surface area contributed by atoms with Crippen LogP contribution in [0, 0.1) is 0 Å². The number of nitrogens with zero attached hydrogens (tertiary/aromatic N) is 2. The Morgan fingerprint density at radius 3 is 2.62 bits per heavy atom. The molecule has 1 unspecified atom stereocenters. The van der Waals surface area contributed by atoms with Crippen LogP contribution >= 0.6 is 11.6 Å². The number of rotatable bonds is 4. The molecule has 1 aromatic carbocycles. The predicted octanol–water partition coefficient (Wildman–Crippen LogP) is 2.40. The lowest BCUT2D eigenvalue weighted by atomic mass is 9.95. The number of fused-ring (bicyclic) bond motifs is 1. The van der Waals surface area contributed by atoms with Crippen LogP contribution in [0.3, 0.4) is 0 Å². The lowest BCUT2D eigenvalue weighted by Crippen LogP contribution is -2.51. The van der Waals surface area contributed by atoms with Crippen LogP contribution in [-0.2, 0) is 12.8 Å². The molecular formula is C22H26ClN3O3. The highest BCUT2D eigenvalue weighted by Crippen LogP contribution is 2.25. The van der Waals surface area contributed by atoms with Crippen LogP contribution in [0.5, 0.6) is 0 Å². The first-order valence-electron chi connectivity index (χ1n) is 10.2. The zero-order valence-electron chi connectivity index (χ0n) is 16.4. The molecule has 2 N–H and O–H groups in total. The Hall–Kier alpha value is -2.15. The van der Waals surface area contributed by atoms with E-state index in [0.717, 1.165) is 42.5 Å². The van der Waals surface area contributed by atoms with Crippen LogP contribution in [0.4, 0.5) is 0 Å². The first-order chi connectivity index (χ1) is 14.1. The SMILES string of the molecule is O=C(c1cc2c([nH]c1=O)CCCC2)N1CCN(C(CO)c2cccc(Cl)c2)CC1. The number of aromatic amines is 1. The van der Waals surface area contributed by atoms with Crippen LogP contribution in [-0.4, -0.2) is 58.6 Å². The standard InChI is InChI=1S/C22H26ClN3O3/c23-17-6-3-5-16(12-17)20(14-27)25-8-10-26(11-9-25)22(29)18-13-15-4-1-2-7-19(15)24-21(18)28/h3,5-6,12-13,20,27H,1-2,4,7-11,14H2,(H,24,28). The maximum Gasteiger partial charge on any atom is 0.261 e. The van der Waals surface area contributed by atoms with Crippen molar-refractivity contribution in [2.75, 3.05) is 32.8 Å². The smallest absolute Gasteiger partial charge is 0.261 e. The number of piperazine rings is 1. The van der Waals surface area contributed by atoms with Gasteiger partial charge in [0, 0.05) is 36.9 Å². The van der Waals surface area contributed by atoms with Gasteiger partial charge in [-0.1, -0.05) is 23.7 Å². The zero-order valence-corrected chi connectivity index (χ0v) is 17.1. The third kappa shape index (κ3) is 4.25. The molecule has 1 aliphatic carbocycles. The number of carbonyl (C=O) groups excluding carboxylic acids is 1. The number of carbonyl (C=O) groups is 1. The third-order valence-corrected chi connectivity index (χ3v) is 6.25. The Balaban J connectivity index is 1.45. The molecule has 1 amide bonds. The highest BCUT2D eigenvalue weighted by molar-refractivity contribution is 6.30. The second kappa shape index (κ2) is 8.69. The Morgan fingerprint density at radius 1 is 1.14 bits per heavy atom. The van der Waals surface area contributed by atoms with E-state index in [1.165, 1.54) is 0 Å². The molecule has 1 aliphatic heterocycles. The zero-order chi connectivity index (χ0) is 20.4. The summed E-state index contributed by atoms with van der Waals surface area (Å²) >= 11 is 6.10. The number of aliphatic hydroxyl groups is 1. The molecular weight excluding hydrogens is 390 g/mol. The summed E-state index contributed by atoms with van der Waals surface area (Å²) in [6.07, 6.45) is 3.97. The molecule has 2 aromatic rings. The second-order valence-electron chi connectivity index (χ2n) is 7.80. The Labute approximate surface area is 175 Å². The Bertz CT molecular complexity index is 951. The molecule has 6 nitrogen and oxygen atoms in total. The van der Waals surface area contributed by atoms with E-state index < -0.39 is 0 Å². The number of nitrogens with one attached hydrogen (secondary N) is 1. The number of amides is 1. The summed E-state index contributed by atoms with van der Waals surface area (Å²) in [5.41, 5.74) is 3.00. The Kier molecular flexibility index (Phi) is 6.04. The predicted molar refractivity (Wildman–Crippen MR) is 112 cm³/mol. The van der Waals surface area contributed by atoms with Gasteiger partial charge in [-0.3, -0.25) is 14.5 Å². The number of aliphatic hydroxyl groups excluding tert-OH is 1. The quantitative estimate of drug-likeness (QED) is 0.803. The highest BCUT2D eigenvalue weighted by atomic mass is 35.5. The average molecular weight is 416 g/mol. The van der Waals surface area contributed by atoms with Gasteiger partial charge in [-0.15, -0.1) is 0 Å². The van der Waals surface area contributed by atoms with Crippen molar-refractivity contribution in [2.45, 2.75) is 31.7 Å². The molecule has 4 rings (SSSR count). The van der Waals surface area contributed by atoms with Gasteiger partial charge in [0.25, 0.3) is 11.5 Å². The fraction of sp³-hybridized carbons (Fsp3) is 0.455. The van der Waals surface area contributed by atoms with Crippen molar-refractivity contribution in [3.8, 4) is 0 Å². The van der Waals surface area contributed by atoms with Gasteiger partial charge in [0.15, 0.2) is 0 Å². The van der Waals surface area contributed by atoms with E-state index in [1.807, 2.05) is 24.3 Å². The summed E-state index contributed by atoms with van der Waals surface area (Å²) in [5, 5.41) is 10.6. The van der Waals surface area contributed by atoms with Gasteiger partial charge in [-0.25, -0.2) is 0 Å². The van der Waals surface area contributed by atoms with E-state index in [4.69, 9.17) is 11.6 Å². The molecule has 0 spiro atoms. The van der Waals surface area contributed by atoms with Gasteiger partial charge in [0.1, 0.15) is 5.56 Å². The third-order valence-electron chi connectivity index (χ3n) is 6.02. The molecule has 0 saturated carbocycles. The van der Waals surface area contributed by atoms with Crippen LogP contribution in [0.25, 0.3) is 0 Å². The number of H-pyrrole nitrogens is 1. The number of aryl methyl sites for hydroxylation is 2. The van der Waals surface area contributed by atoms with E-state index in [-0.39, 0.29) is 29.7 Å². The van der Waals surface area contributed by atoms with E-state index in [0.29, 0.717) is 31.2 Å². The fourth-order valence-corrected chi connectivity index (χ4v) is 4.59. The first kappa shape index (κ1) is 20.1. The summed E-state index contributed by atoms with van der Waals surface area (Å²) in [6.45, 7) is 2.29. The van der Waals surface area contributed by atoms with Gasteiger partial charge >= 0.3 is 0 Å². The number of halogens is 1. The lowest BCUT2D eigenvalue weighted by molar-refractivity contribution is 0.0476. The van der Waals surface area contributed by atoms with Crippen molar-refractivity contribution in [1.29, 1.82) is 0 Å². The summed E-state index contributed by atoms with van der Waals surface area (Å²) < 4.78 is 0. The van der Waals surface area contributed by atoms with Crippen molar-refractivity contribution in [3.05, 3.63) is 68.1 Å². The summed E-state index contributed by atoms with van der Waals surface area (Å²) in [6, 6.07) is 9.15. The average Bonchev–Trinajstić information content (AvgIpc) is 2.74. The molecule has 0 radical (unpaired) electrons. The number of pyridine rings is 1. The monoisotopic (exact) mass is 415 g/mol. The maximum absolute atomic E-state index is 13.0. The van der Waals surface area contributed by atoms with Crippen molar-refractivity contribution in [3.63, 3.8) is 0 Å². The van der Waals surface area contributed by atoms with Gasteiger partial charge in [-0.05, 0) is 55.0 Å². The molecule has 0 bridgehead atoms. The van der Waals surface area contributed by atoms with Crippen molar-refractivity contribution in [1.82, 2.24) is 14.8 Å². The number of benzene rings is 1. The van der Waals surface area contributed by atoms with Crippen molar-refractivity contribution >= 4 is 17.5 Å². The van der Waals surface area contributed by atoms with E-state index in [2.05, 4.69) is 9.88 Å². The van der Waals surface area contributed by atoms with Crippen LogP contribution in [0.1, 0.15) is 46.1 Å². The largest absolute Gasteiger partial charge is 0.394 e. The molecule has 1 fully saturated rings. The lowest BCUT2D eigenvalue weighted by Gasteiger charge is -2.39. The normalized spacial score (nSPS) is 18.3. The van der Waals surface area contributed by atoms with Gasteiger partial charge < -0.3 is 15.0 Å². The number of aromatic nitrogens is 1. The second-order valence-corrected chi connectivity index (χ2v) is 8.24. The molecule has 154 valence electrons. The molecule has 7 heteroatoms. The van der Waals surface area contributed by atoms with Crippen LogP contribution in [0.2, 0.25) is 5.02 Å². The summed E-state index contributed by atoms with van der Waals surface area (Å²) in [4.78, 5) is 32.3. The fourth-order valence-electron chi connectivity index (χ4n) is 4.39. The maximum atomic E-state index is 13.0. The highest BCUT2D eigenvalue weighted by Gasteiger charge is 2.29. The van der Waals surface area contributed by atoms with Crippen LogP contribution < -0.4 is 5.56 Å². The minimum Gasteiger partial charge on any atom is -0.394 e. The first-order valence-corrected chi connectivity index (χ1v) is 10.6. The topological polar surface area (TPSA) is 76.6 Å². The molecule has 2 heterocycles. The molecule has 1 aromatic heterocycles. The number of hydrogen-bond acceptors (Lipinski definition) is 4. The van der Waals surface area contributed by atoms with Gasteiger partial charge in [-0.2, -0.15) is 0 Å². The molecule has 29 heavy (non-hydrogen) atoms. The van der Waals surface area contributed by atoms with E-state index in [9.17, 15) is 14.7 Å². The minimum absolute atomic E-state index is 0.0151. The Morgan fingerprint density at radius 2 is 1.90 bits per heavy atom. The van der Waals surface area contributed by atoms with Gasteiger partial charge in [0.05, 0.1) is 12.6 Å². The van der Waals surface area contributed by atoms with Crippen molar-refractivity contribution < 1.29 is 9.90 Å². The van der Waals surface area contributed by atoms with Crippen molar-refractivity contribution in [2.24, 2.45) is 0 Å². The molecule has 2 aliphatic rings.